The normalized spacial score (nSPS) is 11.0. The van der Waals surface area contributed by atoms with Crippen molar-refractivity contribution in [3.63, 3.8) is 0 Å². The van der Waals surface area contributed by atoms with Crippen LogP contribution in [0.3, 0.4) is 0 Å². The molecule has 3 aromatic rings. The van der Waals surface area contributed by atoms with Crippen molar-refractivity contribution in [2.45, 2.75) is 5.41 Å². The molecule has 24 heavy (non-hydrogen) atoms. The lowest BCUT2D eigenvalue weighted by Gasteiger charge is -2.33. The first-order valence-corrected chi connectivity index (χ1v) is 7.80. The maximum Gasteiger partial charge on any atom is 0.263 e. The lowest BCUT2D eigenvalue weighted by atomic mass is 9.69. The van der Waals surface area contributed by atoms with Gasteiger partial charge in [0.25, 0.3) is 5.91 Å². The van der Waals surface area contributed by atoms with Gasteiger partial charge in [-0.2, -0.15) is 0 Å². The molecule has 0 aliphatic carbocycles. The molecule has 3 nitrogen and oxygen atoms in total. The highest BCUT2D eigenvalue weighted by molar-refractivity contribution is 5.95. The summed E-state index contributed by atoms with van der Waals surface area (Å²) >= 11 is 0. The molecule has 3 aromatic carbocycles. The van der Waals surface area contributed by atoms with E-state index in [1.54, 1.807) is 0 Å². The van der Waals surface area contributed by atoms with E-state index < -0.39 is 5.41 Å². The van der Waals surface area contributed by atoms with E-state index in [-0.39, 0.29) is 5.91 Å². The fourth-order valence-corrected chi connectivity index (χ4v) is 3.13. The van der Waals surface area contributed by atoms with Gasteiger partial charge in [-0.05, 0) is 16.7 Å². The van der Waals surface area contributed by atoms with Crippen LogP contribution in [-0.4, -0.2) is 13.0 Å². The zero-order valence-corrected chi connectivity index (χ0v) is 13.5. The van der Waals surface area contributed by atoms with E-state index in [0.29, 0.717) is 0 Å². The summed E-state index contributed by atoms with van der Waals surface area (Å²) in [5.41, 5.74) is 4.21. The van der Waals surface area contributed by atoms with E-state index in [1.807, 2.05) is 91.0 Å². The largest absolute Gasteiger partial charge is 0.277 e. The summed E-state index contributed by atoms with van der Waals surface area (Å²) in [5, 5.41) is 0. The van der Waals surface area contributed by atoms with Crippen LogP contribution in [0.2, 0.25) is 0 Å². The van der Waals surface area contributed by atoms with Crippen LogP contribution in [0, 0.1) is 0 Å². The first-order valence-electron chi connectivity index (χ1n) is 7.80. The van der Waals surface area contributed by atoms with E-state index in [0.717, 1.165) is 16.7 Å². The molecule has 0 bridgehead atoms. The number of benzene rings is 3. The number of hydrogen-bond acceptors (Lipinski definition) is 2. The Morgan fingerprint density at radius 3 is 1.33 bits per heavy atom. The molecular formula is C21H19NO2. The molecule has 0 spiro atoms. The minimum atomic E-state index is -0.986. The molecule has 0 unspecified atom stereocenters. The zero-order chi connectivity index (χ0) is 16.8. The number of hydroxylamine groups is 1. The van der Waals surface area contributed by atoms with Crippen LogP contribution in [-0.2, 0) is 15.0 Å². The SMILES string of the molecule is CONC(=O)C(c1ccccc1)(c1ccccc1)c1ccccc1. The molecule has 1 N–H and O–H groups in total. The van der Waals surface area contributed by atoms with Crippen LogP contribution in [0.4, 0.5) is 0 Å². The van der Waals surface area contributed by atoms with E-state index in [2.05, 4.69) is 5.48 Å². The minimum Gasteiger partial charge on any atom is -0.277 e. The first kappa shape index (κ1) is 16.0. The topological polar surface area (TPSA) is 38.3 Å². The summed E-state index contributed by atoms with van der Waals surface area (Å²) in [6.07, 6.45) is 0. The fraction of sp³-hybridized carbons (Fsp3) is 0.0952. The van der Waals surface area contributed by atoms with Crippen molar-refractivity contribution in [2.24, 2.45) is 0 Å². The summed E-state index contributed by atoms with van der Waals surface area (Å²) in [5.74, 6) is -0.228. The van der Waals surface area contributed by atoms with Crippen LogP contribution in [0.1, 0.15) is 16.7 Å². The molecule has 0 radical (unpaired) electrons. The highest BCUT2D eigenvalue weighted by atomic mass is 16.6. The van der Waals surface area contributed by atoms with Crippen molar-refractivity contribution in [2.75, 3.05) is 7.11 Å². The highest BCUT2D eigenvalue weighted by Gasteiger charge is 2.43. The molecule has 0 atom stereocenters. The minimum absolute atomic E-state index is 0.228. The van der Waals surface area contributed by atoms with Gasteiger partial charge in [0.15, 0.2) is 0 Å². The average Bonchev–Trinajstić information content (AvgIpc) is 2.65. The van der Waals surface area contributed by atoms with Crippen molar-refractivity contribution in [1.29, 1.82) is 0 Å². The molecule has 0 aliphatic heterocycles. The van der Waals surface area contributed by atoms with Gasteiger partial charge in [-0.15, -0.1) is 0 Å². The lowest BCUT2D eigenvalue weighted by molar-refractivity contribution is -0.134. The summed E-state index contributed by atoms with van der Waals surface area (Å²) in [4.78, 5) is 18.2. The van der Waals surface area contributed by atoms with Gasteiger partial charge in [-0.3, -0.25) is 9.63 Å². The van der Waals surface area contributed by atoms with E-state index in [9.17, 15) is 4.79 Å². The first-order chi connectivity index (χ1) is 11.8. The molecule has 1 amide bonds. The summed E-state index contributed by atoms with van der Waals surface area (Å²) in [7, 11) is 1.45. The van der Waals surface area contributed by atoms with Gasteiger partial charge in [-0.1, -0.05) is 91.0 Å². The van der Waals surface area contributed by atoms with Crippen LogP contribution >= 0.6 is 0 Å². The maximum absolute atomic E-state index is 13.2. The number of carbonyl (C=O) groups is 1. The van der Waals surface area contributed by atoms with E-state index >= 15 is 0 Å². The number of carbonyl (C=O) groups excluding carboxylic acids is 1. The molecule has 0 saturated carbocycles. The summed E-state index contributed by atoms with van der Waals surface area (Å²) in [6.45, 7) is 0. The second-order valence-electron chi connectivity index (χ2n) is 5.48. The molecule has 0 aliphatic rings. The number of hydrogen-bond donors (Lipinski definition) is 1. The van der Waals surface area contributed by atoms with E-state index in [1.165, 1.54) is 7.11 Å². The number of rotatable bonds is 5. The second-order valence-corrected chi connectivity index (χ2v) is 5.48. The van der Waals surface area contributed by atoms with Crippen LogP contribution in [0.15, 0.2) is 91.0 Å². The summed E-state index contributed by atoms with van der Waals surface area (Å²) in [6, 6.07) is 29.3. The third-order valence-corrected chi connectivity index (χ3v) is 4.16. The van der Waals surface area contributed by atoms with Crippen molar-refractivity contribution in [3.8, 4) is 0 Å². The van der Waals surface area contributed by atoms with Gasteiger partial charge in [0.05, 0.1) is 7.11 Å². The molecule has 0 saturated heterocycles. The van der Waals surface area contributed by atoms with Gasteiger partial charge in [0.2, 0.25) is 0 Å². The molecule has 0 fully saturated rings. The number of amides is 1. The third-order valence-electron chi connectivity index (χ3n) is 4.16. The molecule has 0 aromatic heterocycles. The van der Waals surface area contributed by atoms with Crippen molar-refractivity contribution in [3.05, 3.63) is 108 Å². The van der Waals surface area contributed by atoms with Crippen molar-refractivity contribution < 1.29 is 9.63 Å². The standard InChI is InChI=1S/C21H19NO2/c1-24-22-20(23)21(17-11-5-2-6-12-17,18-13-7-3-8-14-18)19-15-9-4-10-16-19/h2-16H,1H3,(H,22,23). The Kier molecular flexibility index (Phi) is 4.73. The van der Waals surface area contributed by atoms with Gasteiger partial charge in [-0.25, -0.2) is 5.48 Å². The Bertz CT molecular complexity index is 689. The molecule has 3 rings (SSSR count). The van der Waals surface area contributed by atoms with Gasteiger partial charge < -0.3 is 0 Å². The predicted molar refractivity (Wildman–Crippen MR) is 94.4 cm³/mol. The zero-order valence-electron chi connectivity index (χ0n) is 13.5. The average molecular weight is 317 g/mol. The monoisotopic (exact) mass is 317 g/mol. The van der Waals surface area contributed by atoms with Gasteiger partial charge >= 0.3 is 0 Å². The Morgan fingerprint density at radius 2 is 1.04 bits per heavy atom. The summed E-state index contributed by atoms with van der Waals surface area (Å²) < 4.78 is 0. The van der Waals surface area contributed by atoms with Gasteiger partial charge in [0.1, 0.15) is 5.41 Å². The Balaban J connectivity index is 2.35. The molecule has 3 heteroatoms. The van der Waals surface area contributed by atoms with Crippen LogP contribution in [0.25, 0.3) is 0 Å². The predicted octanol–water partition coefficient (Wildman–Crippen LogP) is 3.70. The smallest absolute Gasteiger partial charge is 0.263 e. The second kappa shape index (κ2) is 7.11. The molecule has 0 heterocycles. The Hall–Kier alpha value is -2.91. The highest BCUT2D eigenvalue weighted by Crippen LogP contribution is 2.39. The number of nitrogens with one attached hydrogen (secondary N) is 1. The van der Waals surface area contributed by atoms with Crippen molar-refractivity contribution >= 4 is 5.91 Å². The van der Waals surface area contributed by atoms with Crippen molar-refractivity contribution in [1.82, 2.24) is 5.48 Å². The Morgan fingerprint density at radius 1 is 0.708 bits per heavy atom. The van der Waals surface area contributed by atoms with Gasteiger partial charge in [0, 0.05) is 0 Å². The fourth-order valence-electron chi connectivity index (χ4n) is 3.13. The quantitative estimate of drug-likeness (QED) is 0.575. The Labute approximate surface area is 141 Å². The molecular weight excluding hydrogens is 298 g/mol. The maximum atomic E-state index is 13.2. The molecule has 120 valence electrons. The third kappa shape index (κ3) is 2.70. The van der Waals surface area contributed by atoms with Crippen LogP contribution in [0.5, 0.6) is 0 Å². The van der Waals surface area contributed by atoms with Crippen LogP contribution < -0.4 is 5.48 Å². The van der Waals surface area contributed by atoms with E-state index in [4.69, 9.17) is 4.84 Å². The lowest BCUT2D eigenvalue weighted by Crippen LogP contribution is -2.46.